The Kier molecular flexibility index (Phi) is 8.28. The maximum Gasteiger partial charge on any atom is 0.335 e. The summed E-state index contributed by atoms with van der Waals surface area (Å²) in [4.78, 5) is 26.2. The number of carboxylic acids is 1. The van der Waals surface area contributed by atoms with Crippen molar-refractivity contribution >= 4 is 11.9 Å². The van der Waals surface area contributed by atoms with Crippen LogP contribution in [0.5, 0.6) is 11.5 Å². The van der Waals surface area contributed by atoms with E-state index in [0.29, 0.717) is 17.7 Å². The topological polar surface area (TPSA) is 87.1 Å². The van der Waals surface area contributed by atoms with Gasteiger partial charge in [0.25, 0.3) is 5.91 Å². The molecule has 1 atom stereocenters. The number of hydrogen-bond donors (Lipinski definition) is 2. The third-order valence-electron chi connectivity index (χ3n) is 5.77. The molecule has 0 bridgehead atoms. The molecule has 0 aliphatic rings. The molecule has 188 valence electrons. The fourth-order valence-corrected chi connectivity index (χ4v) is 3.90. The lowest BCUT2D eigenvalue weighted by atomic mass is 10.1. The number of nitrogens with zero attached hydrogens (tertiary/aromatic N) is 1. The summed E-state index contributed by atoms with van der Waals surface area (Å²) in [6.45, 7) is 0.250. The van der Waals surface area contributed by atoms with Crippen LogP contribution in [0.1, 0.15) is 31.8 Å². The number of halogens is 1. The van der Waals surface area contributed by atoms with Crippen LogP contribution in [0.25, 0.3) is 0 Å². The van der Waals surface area contributed by atoms with Gasteiger partial charge in [-0.1, -0.05) is 54.6 Å². The smallest absolute Gasteiger partial charge is 0.335 e. The number of para-hydroxylation sites is 1. The van der Waals surface area contributed by atoms with Crippen molar-refractivity contribution in [3.63, 3.8) is 0 Å². The molecule has 0 saturated carbocycles. The van der Waals surface area contributed by atoms with Gasteiger partial charge in [0.1, 0.15) is 5.75 Å². The zero-order valence-electron chi connectivity index (χ0n) is 20.0. The largest absolute Gasteiger partial charge is 0.478 e. The van der Waals surface area contributed by atoms with Crippen molar-refractivity contribution in [2.75, 3.05) is 6.54 Å². The highest BCUT2D eigenvalue weighted by Crippen LogP contribution is 2.25. The Morgan fingerprint density at radius 2 is 1.41 bits per heavy atom. The highest BCUT2D eigenvalue weighted by molar-refractivity contribution is 5.94. The number of rotatable bonds is 10. The molecule has 0 spiro atoms. The van der Waals surface area contributed by atoms with Gasteiger partial charge in [-0.15, -0.1) is 0 Å². The summed E-state index contributed by atoms with van der Waals surface area (Å²) in [5.41, 5.74) is 2.19. The van der Waals surface area contributed by atoms with E-state index in [0.717, 1.165) is 11.1 Å². The molecule has 0 aromatic heterocycles. The van der Waals surface area contributed by atoms with Gasteiger partial charge in [0.2, 0.25) is 0 Å². The van der Waals surface area contributed by atoms with E-state index in [1.54, 1.807) is 48.5 Å². The predicted molar refractivity (Wildman–Crippen MR) is 137 cm³/mol. The second-order valence-electron chi connectivity index (χ2n) is 8.59. The monoisotopic (exact) mass is 499 g/mol. The zero-order chi connectivity index (χ0) is 26.2. The van der Waals surface area contributed by atoms with Crippen molar-refractivity contribution in [2.45, 2.75) is 19.1 Å². The van der Waals surface area contributed by atoms with E-state index >= 15 is 0 Å². The molecule has 1 amide bonds. The second-order valence-corrected chi connectivity index (χ2v) is 8.59. The lowest BCUT2D eigenvalue weighted by Gasteiger charge is -2.26. The molecule has 6 nitrogen and oxygen atoms in total. The maximum absolute atomic E-state index is 13.9. The Bertz CT molecular complexity index is 1340. The number of ether oxygens (including phenoxy) is 1. The molecule has 7 heteroatoms. The fraction of sp³-hybridized carbons (Fsp3) is 0.133. The summed E-state index contributed by atoms with van der Waals surface area (Å²) >= 11 is 0. The lowest BCUT2D eigenvalue weighted by molar-refractivity contribution is 0.0604. The Morgan fingerprint density at radius 1 is 0.784 bits per heavy atom. The molecule has 0 unspecified atom stereocenters. The van der Waals surface area contributed by atoms with Crippen molar-refractivity contribution in [3.05, 3.63) is 131 Å². The highest BCUT2D eigenvalue weighted by atomic mass is 19.1. The predicted octanol–water partition coefficient (Wildman–Crippen LogP) is 5.56. The third-order valence-corrected chi connectivity index (χ3v) is 5.77. The van der Waals surface area contributed by atoms with Gasteiger partial charge in [0, 0.05) is 25.1 Å². The quantitative estimate of drug-likeness (QED) is 0.298. The van der Waals surface area contributed by atoms with Crippen LogP contribution in [0, 0.1) is 5.82 Å². The summed E-state index contributed by atoms with van der Waals surface area (Å²) in [6, 6.07) is 28.1. The first-order valence-corrected chi connectivity index (χ1v) is 11.7. The Hall–Kier alpha value is -4.49. The van der Waals surface area contributed by atoms with Crippen LogP contribution >= 0.6 is 0 Å². The third kappa shape index (κ3) is 7.02. The molecular weight excluding hydrogens is 473 g/mol. The van der Waals surface area contributed by atoms with Gasteiger partial charge in [-0.05, 0) is 59.7 Å². The van der Waals surface area contributed by atoms with E-state index in [9.17, 15) is 19.1 Å². The highest BCUT2D eigenvalue weighted by Gasteiger charge is 2.20. The van der Waals surface area contributed by atoms with Gasteiger partial charge in [-0.3, -0.25) is 4.79 Å². The minimum absolute atomic E-state index is 0.0713. The molecule has 0 radical (unpaired) electrons. The summed E-state index contributed by atoms with van der Waals surface area (Å²) < 4.78 is 19.5. The van der Waals surface area contributed by atoms with E-state index < -0.39 is 17.9 Å². The fourth-order valence-electron chi connectivity index (χ4n) is 3.90. The molecule has 0 fully saturated rings. The number of benzene rings is 4. The SMILES string of the molecule is O=C(O)c1ccc(CN(C[C@H](O)Cc2ccccc2)C(=O)c2ccc(Oc3ccccc3F)cc2)cc1. The Balaban J connectivity index is 1.51. The van der Waals surface area contributed by atoms with Crippen molar-refractivity contribution < 1.29 is 28.9 Å². The minimum atomic E-state index is -1.03. The van der Waals surface area contributed by atoms with Crippen LogP contribution in [0.4, 0.5) is 4.39 Å². The van der Waals surface area contributed by atoms with E-state index in [1.165, 1.54) is 29.2 Å². The standard InChI is InChI=1S/C30H26FNO5/c31-27-8-4-5-9-28(27)37-26-16-14-23(15-17-26)29(34)32(19-22-10-12-24(13-11-22)30(35)36)20-25(33)18-21-6-2-1-3-7-21/h1-17,25,33H,18-20H2,(H,35,36)/t25-/m1/s1. The minimum Gasteiger partial charge on any atom is -0.478 e. The molecule has 2 N–H and O–H groups in total. The number of hydrogen-bond acceptors (Lipinski definition) is 4. The van der Waals surface area contributed by atoms with Crippen LogP contribution in [0.3, 0.4) is 0 Å². The van der Waals surface area contributed by atoms with Gasteiger partial charge < -0.3 is 19.8 Å². The average Bonchev–Trinajstić information content (AvgIpc) is 2.90. The zero-order valence-corrected chi connectivity index (χ0v) is 20.0. The number of aliphatic hydroxyl groups excluding tert-OH is 1. The number of amides is 1. The molecule has 4 aromatic rings. The second kappa shape index (κ2) is 12.0. The molecular formula is C30H26FNO5. The van der Waals surface area contributed by atoms with Crippen LogP contribution in [0.2, 0.25) is 0 Å². The number of carboxylic acid groups (broad SMARTS) is 1. The summed E-state index contributed by atoms with van der Waals surface area (Å²) in [5.74, 6) is -1.38. The molecule has 0 heterocycles. The van der Waals surface area contributed by atoms with Gasteiger partial charge in [0.05, 0.1) is 11.7 Å². The summed E-state index contributed by atoms with van der Waals surface area (Å²) in [6.07, 6.45) is -0.439. The van der Waals surface area contributed by atoms with Crippen molar-refractivity contribution in [1.82, 2.24) is 4.90 Å². The maximum atomic E-state index is 13.9. The van der Waals surface area contributed by atoms with E-state index in [4.69, 9.17) is 9.84 Å². The summed E-state index contributed by atoms with van der Waals surface area (Å²) in [7, 11) is 0. The van der Waals surface area contributed by atoms with Crippen LogP contribution in [-0.4, -0.2) is 39.6 Å². The van der Waals surface area contributed by atoms with Crippen LogP contribution < -0.4 is 4.74 Å². The van der Waals surface area contributed by atoms with Gasteiger partial charge in [0.15, 0.2) is 11.6 Å². The van der Waals surface area contributed by atoms with Gasteiger partial charge in [-0.2, -0.15) is 0 Å². The van der Waals surface area contributed by atoms with Gasteiger partial charge in [-0.25, -0.2) is 9.18 Å². The van der Waals surface area contributed by atoms with E-state index in [1.807, 2.05) is 30.3 Å². The van der Waals surface area contributed by atoms with Crippen molar-refractivity contribution in [2.24, 2.45) is 0 Å². The number of carbonyl (C=O) groups is 2. The lowest BCUT2D eigenvalue weighted by Crippen LogP contribution is -2.38. The number of aromatic carboxylic acids is 1. The average molecular weight is 500 g/mol. The summed E-state index contributed by atoms with van der Waals surface area (Å²) in [5, 5.41) is 19.9. The molecule has 0 aliphatic heterocycles. The Morgan fingerprint density at radius 3 is 2.05 bits per heavy atom. The van der Waals surface area contributed by atoms with Crippen LogP contribution in [-0.2, 0) is 13.0 Å². The van der Waals surface area contributed by atoms with Gasteiger partial charge >= 0.3 is 5.97 Å². The molecule has 0 aliphatic carbocycles. The molecule has 37 heavy (non-hydrogen) atoms. The van der Waals surface area contributed by atoms with E-state index in [-0.39, 0.29) is 30.3 Å². The first kappa shape index (κ1) is 25.6. The molecule has 4 rings (SSSR count). The molecule has 4 aromatic carbocycles. The van der Waals surface area contributed by atoms with Crippen molar-refractivity contribution in [3.8, 4) is 11.5 Å². The number of aliphatic hydroxyl groups is 1. The first-order valence-electron chi connectivity index (χ1n) is 11.7. The van der Waals surface area contributed by atoms with Crippen molar-refractivity contribution in [1.29, 1.82) is 0 Å². The van der Waals surface area contributed by atoms with Crippen LogP contribution in [0.15, 0.2) is 103 Å². The normalized spacial score (nSPS) is 11.5. The number of carbonyl (C=O) groups excluding carboxylic acids is 1. The van der Waals surface area contributed by atoms with E-state index in [2.05, 4.69) is 0 Å². The molecule has 0 saturated heterocycles. The first-order chi connectivity index (χ1) is 17.9. The Labute approximate surface area is 214 Å².